The molecule has 0 amide bonds. The molecule has 0 atom stereocenters. The van der Waals surface area contributed by atoms with Gasteiger partial charge in [0.1, 0.15) is 39.3 Å². The number of halogens is 6. The first-order valence-corrected chi connectivity index (χ1v) is 28.6. The Morgan fingerprint density at radius 1 is 0.214 bits per heavy atom. The molecule has 84 heavy (non-hydrogen) atoms. The lowest BCUT2D eigenvalue weighted by Gasteiger charge is -1.99. The number of hydrogen-bond acceptors (Lipinski definition) is 0. The van der Waals surface area contributed by atoms with Gasteiger partial charge in [-0.05, 0) is 156 Å². The molecular weight excluding hydrogens is 1440 g/mol. The zero-order valence-electron chi connectivity index (χ0n) is 50.7. The molecule has 12 rings (SSSR count). The highest BCUT2D eigenvalue weighted by atomic mass is 79.9. The van der Waals surface area contributed by atoms with Gasteiger partial charge in [-0.15, -0.1) is 0 Å². The minimum atomic E-state index is 0. The molecule has 0 unspecified atom stereocenters. The van der Waals surface area contributed by atoms with E-state index in [1.54, 1.807) is 0 Å². The van der Waals surface area contributed by atoms with E-state index in [-0.39, 0.29) is 102 Å². The molecule has 0 bridgehead atoms. The minimum Gasteiger partial charge on any atom is -1.00 e. The number of nitrogens with zero attached hydrogens (tertiary/aromatic N) is 12. The van der Waals surface area contributed by atoms with Gasteiger partial charge >= 0.3 is 0 Å². The van der Waals surface area contributed by atoms with Crippen molar-refractivity contribution in [3.63, 3.8) is 0 Å². The van der Waals surface area contributed by atoms with Crippen LogP contribution < -0.4 is 129 Å². The fourth-order valence-electron chi connectivity index (χ4n) is 11.4. The summed E-state index contributed by atoms with van der Waals surface area (Å²) in [4.78, 5) is 0. The fraction of sp³-hybridized carbons (Fsp3) is 0.364. The van der Waals surface area contributed by atoms with E-state index in [1.165, 1.54) is 66.2 Å². The van der Waals surface area contributed by atoms with Gasteiger partial charge in [0.15, 0.2) is 66.2 Å². The van der Waals surface area contributed by atoms with Crippen LogP contribution in [0.25, 0.3) is 66.2 Å². The molecule has 6 heterocycles. The molecule has 0 radical (unpaired) electrons. The number of para-hydroxylation sites is 12. The Balaban J connectivity index is 0.000000261. The third-order valence-corrected chi connectivity index (χ3v) is 15.5. The van der Waals surface area contributed by atoms with Crippen LogP contribution in [0.5, 0.6) is 0 Å². The van der Waals surface area contributed by atoms with Crippen LogP contribution in [0.4, 0.5) is 0 Å². The average Bonchev–Trinajstić information content (AvgIpc) is 4.52. The topological polar surface area (TPSA) is 52.9 Å². The third-order valence-electron chi connectivity index (χ3n) is 15.5. The number of benzene rings is 6. The largest absolute Gasteiger partial charge is 1.00 e. The summed E-state index contributed by atoms with van der Waals surface area (Å²) in [5, 5.41) is 0. The molecule has 0 aliphatic carbocycles. The molecular formula is C66H84Br6N12. The second-order valence-corrected chi connectivity index (χ2v) is 22.8. The van der Waals surface area contributed by atoms with Gasteiger partial charge in [-0.25, -0.2) is 54.8 Å². The van der Waals surface area contributed by atoms with Crippen LogP contribution in [0, 0.1) is 0 Å². The normalized spacial score (nSPS) is 11.2. The van der Waals surface area contributed by atoms with Crippen LogP contribution in [0.1, 0.15) is 119 Å². The Labute approximate surface area is 560 Å². The van der Waals surface area contributed by atoms with Crippen molar-refractivity contribution in [2.24, 2.45) is 0 Å². The van der Waals surface area contributed by atoms with E-state index in [9.17, 15) is 0 Å². The van der Waals surface area contributed by atoms with Gasteiger partial charge < -0.3 is 102 Å². The lowest BCUT2D eigenvalue weighted by atomic mass is 10.3. The van der Waals surface area contributed by atoms with E-state index < -0.39 is 0 Å². The van der Waals surface area contributed by atoms with Gasteiger partial charge in [-0.3, -0.25) is 0 Å². The first kappa shape index (κ1) is 71.5. The molecule has 6 aromatic heterocycles. The summed E-state index contributed by atoms with van der Waals surface area (Å²) in [6, 6.07) is 54.8. The van der Waals surface area contributed by atoms with Crippen LogP contribution >= 0.6 is 0 Å². The van der Waals surface area contributed by atoms with Gasteiger partial charge in [0.05, 0.1) is 36.3 Å². The summed E-state index contributed by atoms with van der Waals surface area (Å²) < 4.78 is 28.4. The maximum absolute atomic E-state index is 2.38. The van der Waals surface area contributed by atoms with E-state index in [1.807, 2.05) is 0 Å². The SMILES string of the molecule is CC(C)n1c[n+](CC[n+]2cn(C(C)C)c3ccccc32)c2ccccc21.CC(C)n1c[n+](CC[n+]2cn(C(C)C)c3ccccc32)c2ccccc21.CC(C)n1c[n+](CC[n+]2cn(C(C)C)c3ccccc32)c2ccccc21.[Br-].[Br-].[Br-].[Br-].[Br-].[Br-]. The predicted octanol–water partition coefficient (Wildman–Crippen LogP) is -5.88. The van der Waals surface area contributed by atoms with Crippen molar-refractivity contribution in [2.45, 2.75) is 159 Å². The molecule has 0 saturated carbocycles. The van der Waals surface area contributed by atoms with Crippen LogP contribution in [0.15, 0.2) is 184 Å². The summed E-state index contributed by atoms with van der Waals surface area (Å²) in [6.45, 7) is 32.6. The van der Waals surface area contributed by atoms with Gasteiger partial charge in [0.25, 0.3) is 0 Å². The first-order valence-electron chi connectivity index (χ1n) is 28.6. The smallest absolute Gasteiger partial charge is 0.245 e. The average molecular weight is 1520 g/mol. The second-order valence-electron chi connectivity index (χ2n) is 22.8. The molecule has 18 heteroatoms. The first-order chi connectivity index (χ1) is 37.7. The molecule has 12 nitrogen and oxygen atoms in total. The predicted molar refractivity (Wildman–Crippen MR) is 315 cm³/mol. The van der Waals surface area contributed by atoms with E-state index in [4.69, 9.17) is 0 Å². The summed E-state index contributed by atoms with van der Waals surface area (Å²) in [7, 11) is 0. The minimum absolute atomic E-state index is 0. The molecule has 0 N–H and O–H groups in total. The number of fused-ring (bicyclic) bond motifs is 6. The van der Waals surface area contributed by atoms with Crippen molar-refractivity contribution >= 4 is 66.2 Å². The van der Waals surface area contributed by atoms with E-state index in [2.05, 4.69) is 321 Å². The van der Waals surface area contributed by atoms with Crippen molar-refractivity contribution in [3.8, 4) is 0 Å². The number of imidazole rings is 6. The van der Waals surface area contributed by atoms with Crippen molar-refractivity contribution < 1.29 is 129 Å². The maximum Gasteiger partial charge on any atom is 0.245 e. The van der Waals surface area contributed by atoms with Crippen molar-refractivity contribution in [3.05, 3.63) is 184 Å². The number of rotatable bonds is 15. The van der Waals surface area contributed by atoms with Crippen molar-refractivity contribution in [1.82, 2.24) is 27.4 Å². The lowest BCUT2D eigenvalue weighted by Crippen LogP contribution is -3.00. The van der Waals surface area contributed by atoms with Crippen LogP contribution in [-0.2, 0) is 39.3 Å². The highest BCUT2D eigenvalue weighted by molar-refractivity contribution is 5.75. The highest BCUT2D eigenvalue weighted by Crippen LogP contribution is 2.22. The molecule has 450 valence electrons. The Bertz CT molecular complexity index is 3340. The molecule has 0 saturated heterocycles. The molecule has 6 aromatic carbocycles. The van der Waals surface area contributed by atoms with Gasteiger partial charge in [0, 0.05) is 0 Å². The Kier molecular flexibility index (Phi) is 26.9. The standard InChI is InChI=1S/3C22H28N4.6BrH/c3*1-17(2)25-15-23(19-9-5-7-11-21(19)25)13-14-24-16-26(18(3)4)22-12-8-6-10-20(22)24;;;;;;/h3*5-12,15-18H,13-14H2,1-4H3;6*1H/q3*+2;;;;;;/p-6. The third kappa shape index (κ3) is 15.0. The van der Waals surface area contributed by atoms with Crippen LogP contribution in [0.2, 0.25) is 0 Å². The van der Waals surface area contributed by atoms with E-state index in [0.29, 0.717) is 36.3 Å². The van der Waals surface area contributed by atoms with E-state index in [0.717, 1.165) is 39.3 Å². The molecule has 12 aromatic rings. The lowest BCUT2D eigenvalue weighted by molar-refractivity contribution is -0.755. The summed E-state index contributed by atoms with van der Waals surface area (Å²) in [5.41, 5.74) is 15.6. The fourth-order valence-corrected chi connectivity index (χ4v) is 11.4. The monoisotopic (exact) mass is 1520 g/mol. The second kappa shape index (κ2) is 31.6. The van der Waals surface area contributed by atoms with Gasteiger partial charge in [-0.1, -0.05) is 72.8 Å². The Morgan fingerprint density at radius 2 is 0.333 bits per heavy atom. The van der Waals surface area contributed by atoms with Crippen LogP contribution in [-0.4, -0.2) is 27.4 Å². The summed E-state index contributed by atoms with van der Waals surface area (Å²) in [6.07, 6.45) is 13.6. The van der Waals surface area contributed by atoms with Crippen molar-refractivity contribution in [1.29, 1.82) is 0 Å². The molecule has 0 spiro atoms. The number of aryl methyl sites for hydroxylation is 6. The quantitative estimate of drug-likeness (QED) is 0.0922. The molecule has 0 aliphatic rings. The zero-order valence-corrected chi connectivity index (χ0v) is 60.2. The Morgan fingerprint density at radius 3 is 0.452 bits per heavy atom. The molecule has 0 fully saturated rings. The zero-order chi connectivity index (χ0) is 54.8. The summed E-state index contributed by atoms with van der Waals surface area (Å²) >= 11 is 0. The molecule has 0 aliphatic heterocycles. The van der Waals surface area contributed by atoms with Crippen molar-refractivity contribution in [2.75, 3.05) is 0 Å². The van der Waals surface area contributed by atoms with Crippen LogP contribution in [0.3, 0.4) is 0 Å². The van der Waals surface area contributed by atoms with Gasteiger partial charge in [-0.2, -0.15) is 0 Å². The maximum atomic E-state index is 2.38. The summed E-state index contributed by atoms with van der Waals surface area (Å²) in [5.74, 6) is 0. The Hall–Kier alpha value is -4.98. The van der Waals surface area contributed by atoms with E-state index >= 15 is 0 Å². The number of aromatic nitrogens is 12. The van der Waals surface area contributed by atoms with Gasteiger partial charge in [0.2, 0.25) is 38.0 Å². The number of hydrogen-bond donors (Lipinski definition) is 0. The highest BCUT2D eigenvalue weighted by Gasteiger charge is 2.25.